The van der Waals surface area contributed by atoms with E-state index >= 15 is 0 Å². The van der Waals surface area contributed by atoms with Crippen LogP contribution in [0.5, 0.6) is 0 Å². The van der Waals surface area contributed by atoms with Crippen molar-refractivity contribution in [1.29, 1.82) is 0 Å². The first kappa shape index (κ1) is 27.0. The average molecular weight is 443 g/mol. The van der Waals surface area contributed by atoms with E-state index in [1.54, 1.807) is 4.90 Å². The number of amides is 2. The molecule has 1 aliphatic carbocycles. The van der Waals surface area contributed by atoms with Crippen LogP contribution in [0.2, 0.25) is 0 Å². The molecule has 2 amide bonds. The number of carbonyl (C=O) groups excluding carboxylic acids is 3. The highest BCUT2D eigenvalue weighted by Gasteiger charge is 2.32. The third-order valence-corrected chi connectivity index (χ3v) is 4.89. The first-order valence-electron chi connectivity index (χ1n) is 11.4. The van der Waals surface area contributed by atoms with Gasteiger partial charge in [0.15, 0.2) is 0 Å². The van der Waals surface area contributed by atoms with Gasteiger partial charge in [0.2, 0.25) is 0 Å². The van der Waals surface area contributed by atoms with E-state index in [1.807, 2.05) is 48.5 Å². The smallest absolute Gasteiger partial charge is 0.410 e. The van der Waals surface area contributed by atoms with Crippen molar-refractivity contribution in [3.05, 3.63) is 0 Å². The van der Waals surface area contributed by atoms with Gasteiger partial charge in [0, 0.05) is 25.6 Å². The molecule has 1 aliphatic rings. The molecule has 0 aromatic rings. The SMILES string of the molecule is CCOC(=O)CC1CCC(N(CCCNC(=O)OC(C)(C)C)C(=O)OC(C)(C)C)CC1. The van der Waals surface area contributed by atoms with Crippen molar-refractivity contribution in [2.24, 2.45) is 5.92 Å². The maximum Gasteiger partial charge on any atom is 0.410 e. The molecule has 8 nitrogen and oxygen atoms in total. The van der Waals surface area contributed by atoms with Crippen LogP contribution in [0.1, 0.15) is 87.0 Å². The van der Waals surface area contributed by atoms with Gasteiger partial charge in [-0.05, 0) is 86.5 Å². The number of nitrogens with zero attached hydrogens (tertiary/aromatic N) is 1. The van der Waals surface area contributed by atoms with Gasteiger partial charge in [0.25, 0.3) is 0 Å². The number of rotatable bonds is 8. The Hall–Kier alpha value is -1.99. The summed E-state index contributed by atoms with van der Waals surface area (Å²) < 4.78 is 15.9. The highest BCUT2D eigenvalue weighted by molar-refractivity contribution is 5.70. The fourth-order valence-electron chi connectivity index (χ4n) is 3.61. The fraction of sp³-hybridized carbons (Fsp3) is 0.870. The minimum atomic E-state index is -0.578. The summed E-state index contributed by atoms with van der Waals surface area (Å²) in [4.78, 5) is 38.2. The van der Waals surface area contributed by atoms with E-state index in [1.165, 1.54) is 0 Å². The van der Waals surface area contributed by atoms with Crippen LogP contribution < -0.4 is 5.32 Å². The highest BCUT2D eigenvalue weighted by Crippen LogP contribution is 2.31. The van der Waals surface area contributed by atoms with Crippen LogP contribution in [0.4, 0.5) is 9.59 Å². The van der Waals surface area contributed by atoms with E-state index in [-0.39, 0.29) is 18.1 Å². The molecule has 0 saturated heterocycles. The molecule has 0 heterocycles. The molecule has 1 fully saturated rings. The van der Waals surface area contributed by atoms with Crippen LogP contribution >= 0.6 is 0 Å². The van der Waals surface area contributed by atoms with Gasteiger partial charge in [-0.25, -0.2) is 9.59 Å². The Morgan fingerprint density at radius 3 is 2.03 bits per heavy atom. The van der Waals surface area contributed by atoms with Crippen molar-refractivity contribution in [3.63, 3.8) is 0 Å². The van der Waals surface area contributed by atoms with Gasteiger partial charge >= 0.3 is 18.2 Å². The zero-order valence-electron chi connectivity index (χ0n) is 20.4. The van der Waals surface area contributed by atoms with Crippen LogP contribution in [0.25, 0.3) is 0 Å². The van der Waals surface area contributed by atoms with Crippen molar-refractivity contribution < 1.29 is 28.6 Å². The predicted octanol–water partition coefficient (Wildman–Crippen LogP) is 4.65. The zero-order valence-corrected chi connectivity index (χ0v) is 20.4. The molecular weight excluding hydrogens is 400 g/mol. The zero-order chi connectivity index (χ0) is 23.7. The second kappa shape index (κ2) is 12.2. The number of hydrogen-bond acceptors (Lipinski definition) is 6. The second-order valence-electron chi connectivity index (χ2n) is 10.1. The largest absolute Gasteiger partial charge is 0.466 e. The third kappa shape index (κ3) is 11.8. The summed E-state index contributed by atoms with van der Waals surface area (Å²) in [6, 6.07) is 0.0647. The van der Waals surface area contributed by atoms with Gasteiger partial charge in [0.1, 0.15) is 11.2 Å². The van der Waals surface area contributed by atoms with Crippen molar-refractivity contribution in [1.82, 2.24) is 10.2 Å². The standard InChI is InChI=1S/C23H42N2O6/c1-8-29-19(26)16-17-10-12-18(13-11-17)25(21(28)31-23(5,6)7)15-9-14-24-20(27)30-22(2,3)4/h17-18H,8-16H2,1-7H3,(H,24,27). The van der Waals surface area contributed by atoms with Crippen molar-refractivity contribution in [2.45, 2.75) is 104 Å². The Balaban J connectivity index is 2.60. The predicted molar refractivity (Wildman–Crippen MR) is 119 cm³/mol. The molecule has 1 N–H and O–H groups in total. The summed E-state index contributed by atoms with van der Waals surface area (Å²) in [6.45, 7) is 14.1. The fourth-order valence-corrected chi connectivity index (χ4v) is 3.61. The lowest BCUT2D eigenvalue weighted by molar-refractivity contribution is -0.144. The molecule has 0 bridgehead atoms. The monoisotopic (exact) mass is 442 g/mol. The van der Waals surface area contributed by atoms with Gasteiger partial charge in [-0.15, -0.1) is 0 Å². The Labute approximate surface area is 187 Å². The van der Waals surface area contributed by atoms with E-state index in [2.05, 4.69) is 5.32 Å². The number of carbonyl (C=O) groups is 3. The number of nitrogens with one attached hydrogen (secondary N) is 1. The molecule has 8 heteroatoms. The van der Waals surface area contributed by atoms with Crippen LogP contribution in [0.3, 0.4) is 0 Å². The first-order chi connectivity index (χ1) is 14.3. The molecule has 180 valence electrons. The van der Waals surface area contributed by atoms with Crippen LogP contribution in [0, 0.1) is 5.92 Å². The molecule has 1 saturated carbocycles. The van der Waals surface area contributed by atoms with Gasteiger partial charge in [-0.3, -0.25) is 4.79 Å². The molecule has 31 heavy (non-hydrogen) atoms. The summed E-state index contributed by atoms with van der Waals surface area (Å²) in [7, 11) is 0. The summed E-state index contributed by atoms with van der Waals surface area (Å²) >= 11 is 0. The summed E-state index contributed by atoms with van der Waals surface area (Å²) in [5.41, 5.74) is -1.12. The maximum atomic E-state index is 12.8. The summed E-state index contributed by atoms with van der Waals surface area (Å²) in [5, 5.41) is 2.73. The average Bonchev–Trinajstić information content (AvgIpc) is 2.59. The van der Waals surface area contributed by atoms with Crippen LogP contribution in [-0.4, -0.2) is 60.0 Å². The lowest BCUT2D eigenvalue weighted by Gasteiger charge is -2.37. The van der Waals surface area contributed by atoms with Crippen LogP contribution in [-0.2, 0) is 19.0 Å². The summed E-state index contributed by atoms with van der Waals surface area (Å²) in [5.74, 6) is 0.146. The van der Waals surface area contributed by atoms with Crippen molar-refractivity contribution >= 4 is 18.2 Å². The molecule has 0 aromatic carbocycles. The maximum absolute atomic E-state index is 12.8. The number of ether oxygens (including phenoxy) is 3. The number of alkyl carbamates (subject to hydrolysis) is 1. The number of hydrogen-bond donors (Lipinski definition) is 1. The van der Waals surface area contributed by atoms with Crippen molar-refractivity contribution in [2.75, 3.05) is 19.7 Å². The molecule has 0 unspecified atom stereocenters. The molecule has 1 rings (SSSR count). The van der Waals surface area contributed by atoms with E-state index in [0.717, 1.165) is 25.7 Å². The van der Waals surface area contributed by atoms with Gasteiger partial charge < -0.3 is 24.4 Å². The second-order valence-corrected chi connectivity index (χ2v) is 10.1. The molecule has 0 aromatic heterocycles. The Bertz CT molecular complexity index is 586. The molecular formula is C23H42N2O6. The number of esters is 1. The van der Waals surface area contributed by atoms with E-state index in [4.69, 9.17) is 14.2 Å². The van der Waals surface area contributed by atoms with E-state index in [9.17, 15) is 14.4 Å². The Morgan fingerprint density at radius 1 is 0.935 bits per heavy atom. The summed E-state index contributed by atoms with van der Waals surface area (Å²) in [6.07, 6.45) is 3.63. The highest BCUT2D eigenvalue weighted by atomic mass is 16.6. The van der Waals surface area contributed by atoms with E-state index < -0.39 is 17.3 Å². The third-order valence-electron chi connectivity index (χ3n) is 4.89. The minimum absolute atomic E-state index is 0.0647. The molecule has 0 spiro atoms. The quantitative estimate of drug-likeness (QED) is 0.334. The Kier molecular flexibility index (Phi) is 10.6. The molecule has 0 radical (unpaired) electrons. The minimum Gasteiger partial charge on any atom is -0.466 e. The molecule has 0 aliphatic heterocycles. The lowest BCUT2D eigenvalue weighted by atomic mass is 9.83. The van der Waals surface area contributed by atoms with E-state index in [0.29, 0.717) is 38.5 Å². The normalized spacial score (nSPS) is 19.3. The van der Waals surface area contributed by atoms with Gasteiger partial charge in [-0.2, -0.15) is 0 Å². The van der Waals surface area contributed by atoms with Gasteiger partial charge in [-0.1, -0.05) is 0 Å². The van der Waals surface area contributed by atoms with Crippen LogP contribution in [0.15, 0.2) is 0 Å². The van der Waals surface area contributed by atoms with Crippen molar-refractivity contribution in [3.8, 4) is 0 Å². The lowest BCUT2D eigenvalue weighted by Crippen LogP contribution is -2.46. The van der Waals surface area contributed by atoms with Gasteiger partial charge in [0.05, 0.1) is 6.61 Å². The molecule has 0 atom stereocenters. The Morgan fingerprint density at radius 2 is 1.52 bits per heavy atom. The topological polar surface area (TPSA) is 94.2 Å². The first-order valence-corrected chi connectivity index (χ1v) is 11.4.